The fourth-order valence-electron chi connectivity index (χ4n) is 2.03. The van der Waals surface area contributed by atoms with Crippen molar-refractivity contribution in [2.45, 2.75) is 24.9 Å². The zero-order valence-electron chi connectivity index (χ0n) is 10.7. The van der Waals surface area contributed by atoms with Crippen LogP contribution in [-0.2, 0) is 9.53 Å². The van der Waals surface area contributed by atoms with Crippen molar-refractivity contribution >= 4 is 5.91 Å². The SMILES string of the molecule is COCCN(C(=O)[C@@H](N)c1ccccc1)C1CC1. The summed E-state index contributed by atoms with van der Waals surface area (Å²) in [6.07, 6.45) is 2.16. The Morgan fingerprint density at radius 2 is 2.11 bits per heavy atom. The van der Waals surface area contributed by atoms with E-state index in [1.165, 1.54) is 0 Å². The van der Waals surface area contributed by atoms with E-state index < -0.39 is 6.04 Å². The lowest BCUT2D eigenvalue weighted by atomic mass is 10.1. The summed E-state index contributed by atoms with van der Waals surface area (Å²) < 4.78 is 5.05. The van der Waals surface area contributed by atoms with Gasteiger partial charge in [0.25, 0.3) is 0 Å². The van der Waals surface area contributed by atoms with Crippen LogP contribution in [0.25, 0.3) is 0 Å². The van der Waals surface area contributed by atoms with Gasteiger partial charge in [0.15, 0.2) is 0 Å². The number of hydrogen-bond donors (Lipinski definition) is 1. The summed E-state index contributed by atoms with van der Waals surface area (Å²) in [6.45, 7) is 1.18. The Morgan fingerprint density at radius 1 is 1.44 bits per heavy atom. The van der Waals surface area contributed by atoms with Crippen molar-refractivity contribution in [3.05, 3.63) is 35.9 Å². The average Bonchev–Trinajstić information content (AvgIpc) is 3.24. The molecule has 1 atom stereocenters. The predicted octanol–water partition coefficient (Wildman–Crippen LogP) is 1.32. The molecule has 0 aliphatic heterocycles. The second-order valence-electron chi connectivity index (χ2n) is 4.64. The van der Waals surface area contributed by atoms with E-state index in [-0.39, 0.29) is 5.91 Å². The topological polar surface area (TPSA) is 55.6 Å². The van der Waals surface area contributed by atoms with Crippen LogP contribution < -0.4 is 5.73 Å². The number of methoxy groups -OCH3 is 1. The number of rotatable bonds is 6. The van der Waals surface area contributed by atoms with Gasteiger partial charge in [-0.3, -0.25) is 4.79 Å². The Kier molecular flexibility index (Phi) is 4.33. The largest absolute Gasteiger partial charge is 0.383 e. The van der Waals surface area contributed by atoms with Crippen molar-refractivity contribution in [2.24, 2.45) is 5.73 Å². The molecular weight excluding hydrogens is 228 g/mol. The van der Waals surface area contributed by atoms with Crippen LogP contribution in [0, 0.1) is 0 Å². The predicted molar refractivity (Wildman–Crippen MR) is 70.0 cm³/mol. The first-order valence-corrected chi connectivity index (χ1v) is 6.34. The van der Waals surface area contributed by atoms with E-state index in [4.69, 9.17) is 10.5 Å². The molecular formula is C14H20N2O2. The van der Waals surface area contributed by atoms with Gasteiger partial charge in [-0.15, -0.1) is 0 Å². The number of amides is 1. The lowest BCUT2D eigenvalue weighted by Gasteiger charge is -2.25. The second-order valence-corrected chi connectivity index (χ2v) is 4.64. The molecule has 18 heavy (non-hydrogen) atoms. The summed E-state index contributed by atoms with van der Waals surface area (Å²) in [4.78, 5) is 14.2. The summed E-state index contributed by atoms with van der Waals surface area (Å²) in [7, 11) is 1.65. The lowest BCUT2D eigenvalue weighted by molar-refractivity contribution is -0.134. The van der Waals surface area contributed by atoms with Crippen LogP contribution in [0.1, 0.15) is 24.4 Å². The number of hydrogen-bond acceptors (Lipinski definition) is 3. The van der Waals surface area contributed by atoms with Gasteiger partial charge in [-0.1, -0.05) is 30.3 Å². The normalized spacial score (nSPS) is 16.3. The number of nitrogens with zero attached hydrogens (tertiary/aromatic N) is 1. The van der Waals surface area contributed by atoms with Crippen molar-refractivity contribution in [2.75, 3.05) is 20.3 Å². The highest BCUT2D eigenvalue weighted by Crippen LogP contribution is 2.28. The van der Waals surface area contributed by atoms with Crippen LogP contribution in [0.5, 0.6) is 0 Å². The fourth-order valence-corrected chi connectivity index (χ4v) is 2.03. The van der Waals surface area contributed by atoms with Crippen molar-refractivity contribution < 1.29 is 9.53 Å². The van der Waals surface area contributed by atoms with Crippen LogP contribution in [0.3, 0.4) is 0 Å². The molecule has 1 aromatic carbocycles. The Bertz CT molecular complexity index is 390. The minimum Gasteiger partial charge on any atom is -0.383 e. The van der Waals surface area contributed by atoms with E-state index in [0.29, 0.717) is 19.2 Å². The third-order valence-corrected chi connectivity index (χ3v) is 3.23. The Balaban J connectivity index is 2.03. The van der Waals surface area contributed by atoms with Gasteiger partial charge >= 0.3 is 0 Å². The van der Waals surface area contributed by atoms with Crippen LogP contribution in [0.15, 0.2) is 30.3 Å². The number of benzene rings is 1. The van der Waals surface area contributed by atoms with Crippen LogP contribution in [0.2, 0.25) is 0 Å². The molecule has 0 bridgehead atoms. The summed E-state index contributed by atoms with van der Waals surface area (Å²) in [5, 5.41) is 0. The molecule has 1 saturated carbocycles. The monoisotopic (exact) mass is 248 g/mol. The molecule has 2 N–H and O–H groups in total. The molecule has 0 unspecified atom stereocenters. The van der Waals surface area contributed by atoms with E-state index >= 15 is 0 Å². The Hall–Kier alpha value is -1.39. The van der Waals surface area contributed by atoms with Crippen LogP contribution in [0.4, 0.5) is 0 Å². The van der Waals surface area contributed by atoms with E-state index in [0.717, 1.165) is 18.4 Å². The average molecular weight is 248 g/mol. The molecule has 1 aromatic rings. The molecule has 0 spiro atoms. The first kappa shape index (κ1) is 13.1. The fraction of sp³-hybridized carbons (Fsp3) is 0.500. The van der Waals surface area contributed by atoms with Gasteiger partial charge in [0, 0.05) is 19.7 Å². The maximum Gasteiger partial charge on any atom is 0.244 e. The summed E-state index contributed by atoms with van der Waals surface area (Å²) in [6, 6.07) is 9.31. The smallest absolute Gasteiger partial charge is 0.244 e. The Morgan fingerprint density at radius 3 is 2.67 bits per heavy atom. The van der Waals surface area contributed by atoms with Gasteiger partial charge in [-0.05, 0) is 18.4 Å². The maximum absolute atomic E-state index is 12.4. The van der Waals surface area contributed by atoms with Gasteiger partial charge in [0.1, 0.15) is 6.04 Å². The molecule has 1 aliphatic rings. The minimum absolute atomic E-state index is 0.000694. The summed E-state index contributed by atoms with van der Waals surface area (Å²) in [5.74, 6) is 0.000694. The number of carbonyl (C=O) groups excluding carboxylic acids is 1. The third kappa shape index (κ3) is 3.09. The quantitative estimate of drug-likeness (QED) is 0.826. The zero-order valence-corrected chi connectivity index (χ0v) is 10.7. The second kappa shape index (κ2) is 5.98. The van der Waals surface area contributed by atoms with E-state index in [1.54, 1.807) is 7.11 Å². The molecule has 1 amide bonds. The van der Waals surface area contributed by atoms with E-state index in [9.17, 15) is 4.79 Å². The molecule has 2 rings (SSSR count). The standard InChI is InChI=1S/C14H20N2O2/c1-18-10-9-16(12-7-8-12)14(17)13(15)11-5-3-2-4-6-11/h2-6,12-13H,7-10,15H2,1H3/t13-/m0/s1. The summed E-state index contributed by atoms with van der Waals surface area (Å²) in [5.41, 5.74) is 6.91. The van der Waals surface area contributed by atoms with Gasteiger partial charge in [-0.2, -0.15) is 0 Å². The molecule has 1 fully saturated rings. The first-order valence-electron chi connectivity index (χ1n) is 6.34. The number of nitrogens with two attached hydrogens (primary N) is 1. The molecule has 4 heteroatoms. The van der Waals surface area contributed by atoms with Gasteiger partial charge in [0.2, 0.25) is 5.91 Å². The van der Waals surface area contributed by atoms with E-state index in [1.807, 2.05) is 35.2 Å². The van der Waals surface area contributed by atoms with Crippen molar-refractivity contribution in [1.82, 2.24) is 4.90 Å². The molecule has 0 saturated heterocycles. The summed E-state index contributed by atoms with van der Waals surface area (Å²) >= 11 is 0. The highest BCUT2D eigenvalue weighted by molar-refractivity contribution is 5.83. The minimum atomic E-state index is -0.566. The van der Waals surface area contributed by atoms with Gasteiger partial charge in [0.05, 0.1) is 6.61 Å². The molecule has 98 valence electrons. The third-order valence-electron chi connectivity index (χ3n) is 3.23. The Labute approximate surface area is 108 Å². The van der Waals surface area contributed by atoms with Crippen molar-refractivity contribution in [1.29, 1.82) is 0 Å². The molecule has 0 heterocycles. The van der Waals surface area contributed by atoms with Gasteiger partial charge < -0.3 is 15.4 Å². The molecule has 4 nitrogen and oxygen atoms in total. The highest BCUT2D eigenvalue weighted by atomic mass is 16.5. The van der Waals surface area contributed by atoms with Crippen LogP contribution >= 0.6 is 0 Å². The molecule has 0 radical (unpaired) electrons. The van der Waals surface area contributed by atoms with E-state index in [2.05, 4.69) is 0 Å². The molecule has 0 aromatic heterocycles. The number of ether oxygens (including phenoxy) is 1. The molecule has 1 aliphatic carbocycles. The van der Waals surface area contributed by atoms with Crippen molar-refractivity contribution in [3.63, 3.8) is 0 Å². The highest BCUT2D eigenvalue weighted by Gasteiger charge is 2.34. The van der Waals surface area contributed by atoms with Gasteiger partial charge in [-0.25, -0.2) is 0 Å². The first-order chi connectivity index (χ1) is 8.74. The number of carbonyl (C=O) groups is 1. The zero-order chi connectivity index (χ0) is 13.0. The van der Waals surface area contributed by atoms with Crippen molar-refractivity contribution in [3.8, 4) is 0 Å². The maximum atomic E-state index is 12.4. The lowest BCUT2D eigenvalue weighted by Crippen LogP contribution is -2.41. The van der Waals surface area contributed by atoms with Crippen LogP contribution in [-0.4, -0.2) is 37.1 Å².